The molecule has 2 rings (SSSR count). The Kier molecular flexibility index (Phi) is 5.03. The second-order valence-electron chi connectivity index (χ2n) is 4.49. The van der Waals surface area contributed by atoms with Crippen LogP contribution in [0.2, 0.25) is 0 Å². The van der Waals surface area contributed by atoms with Crippen LogP contribution in [0, 0.1) is 0 Å². The smallest absolute Gasteiger partial charge is 0.335 e. The van der Waals surface area contributed by atoms with Gasteiger partial charge < -0.3 is 14.7 Å². The summed E-state index contributed by atoms with van der Waals surface area (Å²) in [6.07, 6.45) is 0.781. The number of benzene rings is 1. The first-order valence-electron chi connectivity index (χ1n) is 6.36. The number of carboxylic acids is 1. The maximum Gasteiger partial charge on any atom is 0.335 e. The maximum absolute atomic E-state index is 12.2. The minimum atomic E-state index is -0.971. The summed E-state index contributed by atoms with van der Waals surface area (Å²) in [5.74, 6) is 0.215. The van der Waals surface area contributed by atoms with Gasteiger partial charge in [-0.15, -0.1) is 11.8 Å². The molecular formula is C14H17NO4S. The molecule has 0 saturated carbocycles. The van der Waals surface area contributed by atoms with Crippen LogP contribution in [0.25, 0.3) is 0 Å². The van der Waals surface area contributed by atoms with Crippen LogP contribution in [0.1, 0.15) is 15.9 Å². The first-order chi connectivity index (χ1) is 9.63. The summed E-state index contributed by atoms with van der Waals surface area (Å²) in [6, 6.07) is 4.97. The highest BCUT2D eigenvalue weighted by molar-refractivity contribution is 7.99. The fourth-order valence-corrected chi connectivity index (χ4v) is 2.91. The van der Waals surface area contributed by atoms with E-state index in [1.807, 2.05) is 0 Å². The topological polar surface area (TPSA) is 66.8 Å². The SMILES string of the molecule is COCCSCC(=O)N1CCc2ccc(C(=O)O)cc21. The minimum Gasteiger partial charge on any atom is -0.478 e. The number of carbonyl (C=O) groups excluding carboxylic acids is 1. The Labute approximate surface area is 121 Å². The molecule has 108 valence electrons. The van der Waals surface area contributed by atoms with E-state index in [4.69, 9.17) is 9.84 Å². The maximum atomic E-state index is 12.2. The minimum absolute atomic E-state index is 0.0207. The van der Waals surface area contributed by atoms with Gasteiger partial charge in [0.2, 0.25) is 5.91 Å². The van der Waals surface area contributed by atoms with Crippen LogP contribution >= 0.6 is 11.8 Å². The predicted octanol–water partition coefficient (Wildman–Crippen LogP) is 1.65. The molecule has 0 saturated heterocycles. The third-order valence-electron chi connectivity index (χ3n) is 3.19. The van der Waals surface area contributed by atoms with Gasteiger partial charge in [0.1, 0.15) is 0 Å². The lowest BCUT2D eigenvalue weighted by Gasteiger charge is -2.17. The molecule has 0 aliphatic carbocycles. The molecule has 1 aliphatic rings. The van der Waals surface area contributed by atoms with Crippen molar-refractivity contribution in [1.82, 2.24) is 0 Å². The number of ether oxygens (including phenoxy) is 1. The van der Waals surface area contributed by atoms with Crippen molar-refractivity contribution in [1.29, 1.82) is 0 Å². The van der Waals surface area contributed by atoms with E-state index in [-0.39, 0.29) is 11.5 Å². The zero-order valence-corrected chi connectivity index (χ0v) is 12.1. The number of rotatable bonds is 6. The molecule has 1 N–H and O–H groups in total. The third-order valence-corrected chi connectivity index (χ3v) is 4.09. The van der Waals surface area contributed by atoms with E-state index in [1.54, 1.807) is 30.2 Å². The Hall–Kier alpha value is -1.53. The molecule has 0 bridgehead atoms. The van der Waals surface area contributed by atoms with Gasteiger partial charge in [0, 0.05) is 25.1 Å². The third kappa shape index (κ3) is 3.32. The molecule has 1 aromatic rings. The van der Waals surface area contributed by atoms with E-state index < -0.39 is 5.97 Å². The van der Waals surface area contributed by atoms with Gasteiger partial charge in [0.05, 0.1) is 17.9 Å². The number of carbonyl (C=O) groups is 2. The average Bonchev–Trinajstić information content (AvgIpc) is 2.86. The summed E-state index contributed by atoms with van der Waals surface area (Å²) in [5, 5.41) is 9.02. The normalized spacial score (nSPS) is 13.3. The number of methoxy groups -OCH3 is 1. The van der Waals surface area contributed by atoms with E-state index >= 15 is 0 Å². The van der Waals surface area contributed by atoms with Crippen molar-refractivity contribution in [3.05, 3.63) is 29.3 Å². The fraction of sp³-hybridized carbons (Fsp3) is 0.429. The van der Waals surface area contributed by atoms with Gasteiger partial charge in [-0.05, 0) is 24.1 Å². The van der Waals surface area contributed by atoms with Crippen LogP contribution in [0.4, 0.5) is 5.69 Å². The molecule has 20 heavy (non-hydrogen) atoms. The average molecular weight is 295 g/mol. The summed E-state index contributed by atoms with van der Waals surface area (Å²) in [5.41, 5.74) is 1.99. The van der Waals surface area contributed by atoms with Gasteiger partial charge in [0.25, 0.3) is 0 Å². The first kappa shape index (κ1) is 14.9. The summed E-state index contributed by atoms with van der Waals surface area (Å²) < 4.78 is 4.94. The van der Waals surface area contributed by atoms with Crippen molar-refractivity contribution in [2.75, 3.05) is 36.7 Å². The molecule has 5 nitrogen and oxygen atoms in total. The van der Waals surface area contributed by atoms with E-state index in [9.17, 15) is 9.59 Å². The zero-order valence-electron chi connectivity index (χ0n) is 11.3. The molecule has 1 amide bonds. The lowest BCUT2D eigenvalue weighted by Crippen LogP contribution is -2.30. The zero-order chi connectivity index (χ0) is 14.5. The van der Waals surface area contributed by atoms with Crippen molar-refractivity contribution in [2.45, 2.75) is 6.42 Å². The standard InChI is InChI=1S/C14H17NO4S/c1-19-6-7-20-9-13(16)15-5-4-10-2-3-11(14(17)18)8-12(10)15/h2-3,8H,4-7,9H2,1H3,(H,17,18). The highest BCUT2D eigenvalue weighted by atomic mass is 32.2. The number of aromatic carboxylic acids is 1. The monoisotopic (exact) mass is 295 g/mol. The number of amides is 1. The van der Waals surface area contributed by atoms with Crippen molar-refractivity contribution in [2.24, 2.45) is 0 Å². The molecule has 0 unspecified atom stereocenters. The molecule has 0 aromatic heterocycles. The number of anilines is 1. The van der Waals surface area contributed by atoms with Crippen LogP contribution in [0.15, 0.2) is 18.2 Å². The second-order valence-corrected chi connectivity index (χ2v) is 5.59. The summed E-state index contributed by atoms with van der Waals surface area (Å²) in [4.78, 5) is 24.9. The Bertz CT molecular complexity index is 518. The Morgan fingerprint density at radius 2 is 2.25 bits per heavy atom. The first-order valence-corrected chi connectivity index (χ1v) is 7.52. The Morgan fingerprint density at radius 3 is 2.95 bits per heavy atom. The summed E-state index contributed by atoms with van der Waals surface area (Å²) in [6.45, 7) is 1.25. The van der Waals surface area contributed by atoms with Crippen LogP contribution in [0.5, 0.6) is 0 Å². The molecule has 0 atom stereocenters. The fourth-order valence-electron chi connectivity index (χ4n) is 2.15. The van der Waals surface area contributed by atoms with Crippen LogP contribution in [0.3, 0.4) is 0 Å². The highest BCUT2D eigenvalue weighted by Crippen LogP contribution is 2.29. The van der Waals surface area contributed by atoms with E-state index in [0.717, 1.165) is 23.4 Å². The van der Waals surface area contributed by atoms with Crippen molar-refractivity contribution in [3.8, 4) is 0 Å². The molecule has 1 aromatic carbocycles. The number of fused-ring (bicyclic) bond motifs is 1. The van der Waals surface area contributed by atoms with Gasteiger partial charge in [0.15, 0.2) is 0 Å². The van der Waals surface area contributed by atoms with Crippen LogP contribution < -0.4 is 4.90 Å². The molecular weight excluding hydrogens is 278 g/mol. The molecule has 0 spiro atoms. The number of hydrogen-bond donors (Lipinski definition) is 1. The van der Waals surface area contributed by atoms with Gasteiger partial charge in [-0.1, -0.05) is 6.07 Å². The Morgan fingerprint density at radius 1 is 1.45 bits per heavy atom. The van der Waals surface area contributed by atoms with Gasteiger partial charge in [-0.3, -0.25) is 4.79 Å². The van der Waals surface area contributed by atoms with E-state index in [1.165, 1.54) is 11.8 Å². The van der Waals surface area contributed by atoms with Crippen molar-refractivity contribution in [3.63, 3.8) is 0 Å². The number of hydrogen-bond acceptors (Lipinski definition) is 4. The highest BCUT2D eigenvalue weighted by Gasteiger charge is 2.25. The summed E-state index contributed by atoms with van der Waals surface area (Å²) in [7, 11) is 1.63. The van der Waals surface area contributed by atoms with Gasteiger partial charge >= 0.3 is 5.97 Å². The molecule has 0 radical (unpaired) electrons. The lowest BCUT2D eigenvalue weighted by molar-refractivity contribution is -0.116. The van der Waals surface area contributed by atoms with Crippen molar-refractivity contribution >= 4 is 29.3 Å². The largest absolute Gasteiger partial charge is 0.478 e. The van der Waals surface area contributed by atoms with Gasteiger partial charge in [-0.25, -0.2) is 4.79 Å². The Balaban J connectivity index is 2.04. The van der Waals surface area contributed by atoms with Crippen LogP contribution in [-0.2, 0) is 16.0 Å². The number of thioether (sulfide) groups is 1. The number of nitrogens with zero attached hydrogens (tertiary/aromatic N) is 1. The molecule has 6 heteroatoms. The molecule has 0 fully saturated rings. The van der Waals surface area contributed by atoms with E-state index in [0.29, 0.717) is 18.9 Å². The van der Waals surface area contributed by atoms with Crippen LogP contribution in [-0.4, -0.2) is 48.8 Å². The van der Waals surface area contributed by atoms with Crippen molar-refractivity contribution < 1.29 is 19.4 Å². The summed E-state index contributed by atoms with van der Waals surface area (Å²) >= 11 is 1.53. The van der Waals surface area contributed by atoms with E-state index in [2.05, 4.69) is 0 Å². The molecule has 1 aliphatic heterocycles. The lowest BCUT2D eigenvalue weighted by atomic mass is 10.1. The number of carboxylic acid groups (broad SMARTS) is 1. The van der Waals surface area contributed by atoms with Gasteiger partial charge in [-0.2, -0.15) is 0 Å². The second kappa shape index (κ2) is 6.76. The molecule has 1 heterocycles. The predicted molar refractivity (Wildman–Crippen MR) is 78.7 cm³/mol. The quantitative estimate of drug-likeness (QED) is 0.808.